The number of carboxylic acids is 1. The van der Waals surface area contributed by atoms with Crippen LogP contribution in [0.15, 0.2) is 24.3 Å². The van der Waals surface area contributed by atoms with E-state index in [1.807, 2.05) is 20.8 Å². The number of carbonyl (C=O) groups is 2. The third kappa shape index (κ3) is 4.11. The van der Waals surface area contributed by atoms with E-state index in [9.17, 15) is 9.59 Å². The van der Waals surface area contributed by atoms with Crippen LogP contribution in [-0.2, 0) is 4.74 Å². The maximum Gasteiger partial charge on any atom is 0.414 e. The molecule has 0 unspecified atom stereocenters. The van der Waals surface area contributed by atoms with Crippen LogP contribution in [0.5, 0.6) is 0 Å². The van der Waals surface area contributed by atoms with Gasteiger partial charge < -0.3 is 9.84 Å². The van der Waals surface area contributed by atoms with Crippen molar-refractivity contribution in [2.24, 2.45) is 0 Å². The summed E-state index contributed by atoms with van der Waals surface area (Å²) in [5, 5.41) is 9.74. The molecule has 2 rings (SSSR count). The number of hydrogen-bond donors (Lipinski definition) is 1. The van der Waals surface area contributed by atoms with Gasteiger partial charge in [0, 0.05) is 18.3 Å². The van der Waals surface area contributed by atoms with Gasteiger partial charge in [0.15, 0.2) is 0 Å². The maximum atomic E-state index is 12.1. The van der Waals surface area contributed by atoms with E-state index >= 15 is 0 Å². The lowest BCUT2D eigenvalue weighted by Gasteiger charge is -2.24. The summed E-state index contributed by atoms with van der Waals surface area (Å²) in [5.41, 5.74) is 1.42. The van der Waals surface area contributed by atoms with E-state index in [1.165, 1.54) is 4.90 Å². The third-order valence-corrected chi connectivity index (χ3v) is 4.35. The molecule has 0 aliphatic heterocycles. The predicted molar refractivity (Wildman–Crippen MR) is 93.9 cm³/mol. The normalized spacial score (nSPS) is 11.2. The van der Waals surface area contributed by atoms with Crippen molar-refractivity contribution in [3.63, 3.8) is 0 Å². The Morgan fingerprint density at radius 2 is 1.79 bits per heavy atom. The Labute approximate surface area is 144 Å². The van der Waals surface area contributed by atoms with Gasteiger partial charge in [-0.2, -0.15) is 0 Å². The largest absolute Gasteiger partial charge is 0.477 e. The summed E-state index contributed by atoms with van der Waals surface area (Å²) in [6, 6.07) is 7.16. The average molecular weight is 348 g/mol. The second-order valence-electron chi connectivity index (χ2n) is 6.32. The number of rotatable bonds is 3. The molecule has 1 amide bonds. The zero-order valence-corrected chi connectivity index (χ0v) is 15.1. The molecule has 2 aromatic rings. The van der Waals surface area contributed by atoms with E-state index < -0.39 is 17.7 Å². The summed E-state index contributed by atoms with van der Waals surface area (Å²) in [6.07, 6.45) is -0.437. The molecule has 7 heteroatoms. The molecule has 0 saturated heterocycles. The van der Waals surface area contributed by atoms with Crippen LogP contribution < -0.4 is 4.90 Å². The minimum absolute atomic E-state index is 0.236. The van der Waals surface area contributed by atoms with Crippen LogP contribution in [0.2, 0.25) is 0 Å². The molecule has 1 N–H and O–H groups in total. The van der Waals surface area contributed by atoms with Crippen LogP contribution >= 0.6 is 11.3 Å². The van der Waals surface area contributed by atoms with Gasteiger partial charge in [-0.25, -0.2) is 14.6 Å². The van der Waals surface area contributed by atoms with E-state index in [-0.39, 0.29) is 4.88 Å². The van der Waals surface area contributed by atoms with E-state index in [1.54, 1.807) is 38.2 Å². The summed E-state index contributed by atoms with van der Waals surface area (Å²) in [4.78, 5) is 29.1. The van der Waals surface area contributed by atoms with Crippen molar-refractivity contribution in [3.05, 3.63) is 34.8 Å². The van der Waals surface area contributed by atoms with Crippen LogP contribution in [0, 0.1) is 6.92 Å². The molecule has 1 aromatic carbocycles. The minimum atomic E-state index is -0.975. The van der Waals surface area contributed by atoms with Gasteiger partial charge in [-0.3, -0.25) is 4.90 Å². The first-order chi connectivity index (χ1) is 11.1. The molecular formula is C17H20N2O4S. The quantitative estimate of drug-likeness (QED) is 0.900. The Morgan fingerprint density at radius 1 is 1.21 bits per heavy atom. The molecule has 0 aliphatic rings. The molecule has 0 saturated carbocycles. The Balaban J connectivity index is 2.20. The number of ether oxygens (including phenoxy) is 1. The van der Waals surface area contributed by atoms with Crippen molar-refractivity contribution < 1.29 is 19.4 Å². The number of hydrogen-bond acceptors (Lipinski definition) is 5. The molecular weight excluding hydrogens is 328 g/mol. The summed E-state index contributed by atoms with van der Waals surface area (Å²) in [5.74, 6) is -0.975. The molecule has 0 radical (unpaired) electrons. The second kappa shape index (κ2) is 6.60. The van der Waals surface area contributed by atoms with Crippen molar-refractivity contribution in [1.82, 2.24) is 4.98 Å². The van der Waals surface area contributed by atoms with Gasteiger partial charge in [0.2, 0.25) is 0 Å². The zero-order chi connectivity index (χ0) is 18.1. The molecule has 128 valence electrons. The van der Waals surface area contributed by atoms with Crippen LogP contribution in [-0.4, -0.2) is 34.8 Å². The van der Waals surface area contributed by atoms with E-state index in [0.29, 0.717) is 16.4 Å². The van der Waals surface area contributed by atoms with Crippen LogP contribution in [0.4, 0.5) is 10.5 Å². The highest BCUT2D eigenvalue weighted by atomic mass is 32.1. The SMILES string of the molecule is Cc1nc(-c2ccc(N(C)C(=O)OC(C)(C)C)cc2)sc1C(=O)O. The lowest BCUT2D eigenvalue weighted by molar-refractivity contribution is 0.0588. The lowest BCUT2D eigenvalue weighted by Crippen LogP contribution is -2.34. The number of aromatic nitrogens is 1. The van der Waals surface area contributed by atoms with Gasteiger partial charge in [-0.15, -0.1) is 11.3 Å². The third-order valence-electron chi connectivity index (χ3n) is 3.16. The lowest BCUT2D eigenvalue weighted by atomic mass is 10.2. The molecule has 0 aliphatic carbocycles. The number of nitrogens with zero attached hydrogens (tertiary/aromatic N) is 2. The van der Waals surface area contributed by atoms with Gasteiger partial charge in [-0.05, 0) is 52.0 Å². The Hall–Kier alpha value is -2.41. The fourth-order valence-electron chi connectivity index (χ4n) is 1.98. The van der Waals surface area contributed by atoms with Crippen LogP contribution in [0.25, 0.3) is 10.6 Å². The molecule has 1 heterocycles. The van der Waals surface area contributed by atoms with E-state index in [2.05, 4.69) is 4.98 Å². The van der Waals surface area contributed by atoms with Gasteiger partial charge in [-0.1, -0.05) is 0 Å². The minimum Gasteiger partial charge on any atom is -0.477 e. The number of aromatic carboxylic acids is 1. The molecule has 0 atom stereocenters. The number of thiazole rings is 1. The Morgan fingerprint density at radius 3 is 2.25 bits per heavy atom. The first-order valence-electron chi connectivity index (χ1n) is 7.36. The Bertz CT molecular complexity index is 760. The van der Waals surface area contributed by atoms with Gasteiger partial charge in [0.25, 0.3) is 0 Å². The number of anilines is 1. The molecule has 24 heavy (non-hydrogen) atoms. The van der Waals surface area contributed by atoms with E-state index in [0.717, 1.165) is 16.9 Å². The van der Waals surface area contributed by atoms with Gasteiger partial charge >= 0.3 is 12.1 Å². The predicted octanol–water partition coefficient (Wildman–Crippen LogP) is 4.19. The number of carboxylic acid groups (broad SMARTS) is 1. The first-order valence-corrected chi connectivity index (χ1v) is 8.18. The summed E-state index contributed by atoms with van der Waals surface area (Å²) < 4.78 is 5.33. The van der Waals surface area contributed by atoms with Crippen molar-refractivity contribution >= 4 is 29.1 Å². The first kappa shape index (κ1) is 17.9. The van der Waals surface area contributed by atoms with Gasteiger partial charge in [0.1, 0.15) is 15.5 Å². The van der Waals surface area contributed by atoms with Crippen molar-refractivity contribution in [3.8, 4) is 10.6 Å². The fourth-order valence-corrected chi connectivity index (χ4v) is 2.89. The molecule has 0 bridgehead atoms. The molecule has 6 nitrogen and oxygen atoms in total. The maximum absolute atomic E-state index is 12.1. The number of amides is 1. The monoisotopic (exact) mass is 348 g/mol. The number of carbonyl (C=O) groups excluding carboxylic acids is 1. The van der Waals surface area contributed by atoms with Crippen molar-refractivity contribution in [1.29, 1.82) is 0 Å². The molecule has 0 fully saturated rings. The summed E-state index contributed by atoms with van der Waals surface area (Å²) in [7, 11) is 1.64. The van der Waals surface area contributed by atoms with Crippen molar-refractivity contribution in [2.45, 2.75) is 33.3 Å². The zero-order valence-electron chi connectivity index (χ0n) is 14.3. The molecule has 0 spiro atoms. The van der Waals surface area contributed by atoms with Gasteiger partial charge in [0.05, 0.1) is 5.69 Å². The standard InChI is InChI=1S/C17H20N2O4S/c1-10-13(15(20)21)24-14(18-10)11-6-8-12(9-7-11)19(5)16(22)23-17(2,3)4/h6-9H,1-5H3,(H,20,21). The topological polar surface area (TPSA) is 79.7 Å². The second-order valence-corrected chi connectivity index (χ2v) is 7.32. The Kier molecular flexibility index (Phi) is 4.94. The van der Waals surface area contributed by atoms with Crippen LogP contribution in [0.1, 0.15) is 36.1 Å². The average Bonchev–Trinajstić information content (AvgIpc) is 2.87. The number of aryl methyl sites for hydroxylation is 1. The highest BCUT2D eigenvalue weighted by Gasteiger charge is 2.21. The summed E-state index contributed by atoms with van der Waals surface area (Å²) >= 11 is 1.13. The fraction of sp³-hybridized carbons (Fsp3) is 0.353. The highest BCUT2D eigenvalue weighted by molar-refractivity contribution is 7.17. The highest BCUT2D eigenvalue weighted by Crippen LogP contribution is 2.29. The summed E-state index contributed by atoms with van der Waals surface area (Å²) in [6.45, 7) is 7.11. The molecule has 1 aromatic heterocycles. The number of benzene rings is 1. The van der Waals surface area contributed by atoms with Crippen molar-refractivity contribution in [2.75, 3.05) is 11.9 Å². The smallest absolute Gasteiger partial charge is 0.414 e. The van der Waals surface area contributed by atoms with E-state index in [4.69, 9.17) is 9.84 Å². The van der Waals surface area contributed by atoms with Crippen LogP contribution in [0.3, 0.4) is 0 Å².